The fourth-order valence-electron chi connectivity index (χ4n) is 1.57. The minimum atomic E-state index is -0.118. The Bertz CT molecular complexity index is 401. The van der Waals surface area contributed by atoms with E-state index < -0.39 is 0 Å². The molecule has 0 aliphatic rings. The minimum Gasteiger partial charge on any atom is -0.351 e. The first kappa shape index (κ1) is 14.2. The van der Waals surface area contributed by atoms with E-state index in [-0.39, 0.29) is 10.7 Å². The van der Waals surface area contributed by atoms with Gasteiger partial charge >= 0.3 is 0 Å². The van der Waals surface area contributed by atoms with Gasteiger partial charge in [0.2, 0.25) is 5.91 Å². The number of alkyl halides is 1. The lowest BCUT2D eigenvalue weighted by Gasteiger charge is -2.14. The molecule has 0 aliphatic heterocycles. The SMILES string of the molecule is Cc1ccc(C)c(CNC(=O)C(Br)C(C)C)c1. The van der Waals surface area contributed by atoms with Crippen LogP contribution in [0.4, 0.5) is 0 Å². The summed E-state index contributed by atoms with van der Waals surface area (Å²) in [4.78, 5) is 11.7. The molecule has 1 aromatic rings. The van der Waals surface area contributed by atoms with Crippen molar-refractivity contribution < 1.29 is 4.79 Å². The number of benzene rings is 1. The molecule has 17 heavy (non-hydrogen) atoms. The second-order valence-electron chi connectivity index (χ2n) is 4.79. The van der Waals surface area contributed by atoms with Gasteiger partial charge in [-0.2, -0.15) is 0 Å². The Morgan fingerprint density at radius 1 is 1.35 bits per heavy atom. The van der Waals surface area contributed by atoms with Gasteiger partial charge in [0, 0.05) is 6.54 Å². The van der Waals surface area contributed by atoms with Crippen molar-refractivity contribution in [1.29, 1.82) is 0 Å². The third kappa shape index (κ3) is 4.15. The van der Waals surface area contributed by atoms with Crippen LogP contribution in [0, 0.1) is 19.8 Å². The molecule has 0 heterocycles. The Kier molecular flexibility index (Phi) is 5.19. The normalized spacial score (nSPS) is 12.6. The van der Waals surface area contributed by atoms with E-state index in [1.54, 1.807) is 0 Å². The predicted molar refractivity (Wildman–Crippen MR) is 75.3 cm³/mol. The van der Waals surface area contributed by atoms with Crippen LogP contribution in [-0.2, 0) is 11.3 Å². The van der Waals surface area contributed by atoms with E-state index in [9.17, 15) is 4.79 Å². The van der Waals surface area contributed by atoms with E-state index in [0.29, 0.717) is 12.5 Å². The number of carbonyl (C=O) groups is 1. The van der Waals surface area contributed by atoms with Crippen molar-refractivity contribution in [2.75, 3.05) is 0 Å². The van der Waals surface area contributed by atoms with Crippen LogP contribution in [-0.4, -0.2) is 10.7 Å². The molecular weight excluding hydrogens is 278 g/mol. The number of hydrogen-bond acceptors (Lipinski definition) is 1. The van der Waals surface area contributed by atoms with Crippen LogP contribution >= 0.6 is 15.9 Å². The number of aryl methyl sites for hydroxylation is 2. The van der Waals surface area contributed by atoms with Crippen LogP contribution in [0.5, 0.6) is 0 Å². The smallest absolute Gasteiger partial charge is 0.234 e. The summed E-state index contributed by atoms with van der Waals surface area (Å²) in [5.41, 5.74) is 3.62. The number of carbonyl (C=O) groups excluding carboxylic acids is 1. The van der Waals surface area contributed by atoms with E-state index in [4.69, 9.17) is 0 Å². The van der Waals surface area contributed by atoms with Crippen molar-refractivity contribution in [1.82, 2.24) is 5.32 Å². The highest BCUT2D eigenvalue weighted by atomic mass is 79.9. The summed E-state index contributed by atoms with van der Waals surface area (Å²) in [6, 6.07) is 6.29. The van der Waals surface area contributed by atoms with Crippen LogP contribution in [0.1, 0.15) is 30.5 Å². The topological polar surface area (TPSA) is 29.1 Å². The average Bonchev–Trinajstić information content (AvgIpc) is 2.28. The van der Waals surface area contributed by atoms with E-state index in [0.717, 1.165) is 0 Å². The lowest BCUT2D eigenvalue weighted by molar-refractivity contribution is -0.121. The van der Waals surface area contributed by atoms with Crippen molar-refractivity contribution >= 4 is 21.8 Å². The first-order valence-electron chi connectivity index (χ1n) is 5.89. The second kappa shape index (κ2) is 6.20. The van der Waals surface area contributed by atoms with Crippen molar-refractivity contribution in [3.05, 3.63) is 34.9 Å². The largest absolute Gasteiger partial charge is 0.351 e. The molecule has 0 saturated heterocycles. The molecule has 1 aromatic carbocycles. The lowest BCUT2D eigenvalue weighted by atomic mass is 10.1. The fourth-order valence-corrected chi connectivity index (χ4v) is 1.74. The van der Waals surface area contributed by atoms with Crippen LogP contribution in [0.3, 0.4) is 0 Å². The second-order valence-corrected chi connectivity index (χ2v) is 5.78. The van der Waals surface area contributed by atoms with Gasteiger partial charge in [-0.05, 0) is 30.9 Å². The van der Waals surface area contributed by atoms with Gasteiger partial charge in [-0.25, -0.2) is 0 Å². The molecule has 1 amide bonds. The van der Waals surface area contributed by atoms with E-state index >= 15 is 0 Å². The highest BCUT2D eigenvalue weighted by Crippen LogP contribution is 2.13. The van der Waals surface area contributed by atoms with E-state index in [1.807, 2.05) is 13.8 Å². The Balaban J connectivity index is 2.61. The Morgan fingerprint density at radius 2 is 2.00 bits per heavy atom. The molecule has 0 spiro atoms. The van der Waals surface area contributed by atoms with Gasteiger partial charge in [-0.15, -0.1) is 0 Å². The maximum atomic E-state index is 11.8. The summed E-state index contributed by atoms with van der Waals surface area (Å²) in [6.45, 7) is 8.77. The molecule has 3 heteroatoms. The zero-order valence-electron chi connectivity index (χ0n) is 10.9. The molecule has 0 fully saturated rings. The number of nitrogens with one attached hydrogen (secondary N) is 1. The summed E-state index contributed by atoms with van der Waals surface area (Å²) >= 11 is 3.40. The number of amides is 1. The van der Waals surface area contributed by atoms with Gasteiger partial charge in [0.15, 0.2) is 0 Å². The molecule has 1 atom stereocenters. The highest BCUT2D eigenvalue weighted by molar-refractivity contribution is 9.10. The van der Waals surface area contributed by atoms with Gasteiger partial charge in [-0.1, -0.05) is 53.5 Å². The fraction of sp³-hybridized carbons (Fsp3) is 0.500. The monoisotopic (exact) mass is 297 g/mol. The van der Waals surface area contributed by atoms with Gasteiger partial charge < -0.3 is 5.32 Å². The van der Waals surface area contributed by atoms with Gasteiger partial charge in [-0.3, -0.25) is 4.79 Å². The molecule has 0 aliphatic carbocycles. The molecule has 0 bridgehead atoms. The molecule has 2 nitrogen and oxygen atoms in total. The third-order valence-electron chi connectivity index (χ3n) is 2.79. The van der Waals surface area contributed by atoms with Crippen molar-refractivity contribution in [2.24, 2.45) is 5.92 Å². The van der Waals surface area contributed by atoms with Crippen molar-refractivity contribution in [3.8, 4) is 0 Å². The highest BCUT2D eigenvalue weighted by Gasteiger charge is 2.18. The summed E-state index contributed by atoms with van der Waals surface area (Å²) in [5, 5.41) is 2.96. The molecular formula is C14H20BrNO. The Labute approximate surface area is 112 Å². The minimum absolute atomic E-state index is 0.0564. The molecule has 1 N–H and O–H groups in total. The first-order chi connectivity index (χ1) is 7.91. The van der Waals surface area contributed by atoms with Crippen molar-refractivity contribution in [3.63, 3.8) is 0 Å². The molecule has 0 aromatic heterocycles. The molecule has 0 radical (unpaired) electrons. The lowest BCUT2D eigenvalue weighted by Crippen LogP contribution is -2.33. The first-order valence-corrected chi connectivity index (χ1v) is 6.81. The van der Waals surface area contributed by atoms with Gasteiger partial charge in [0.25, 0.3) is 0 Å². The zero-order chi connectivity index (χ0) is 13.0. The Morgan fingerprint density at radius 3 is 2.59 bits per heavy atom. The summed E-state index contributed by atoms with van der Waals surface area (Å²) in [7, 11) is 0. The summed E-state index contributed by atoms with van der Waals surface area (Å²) in [5.74, 6) is 0.356. The number of hydrogen-bond donors (Lipinski definition) is 1. The third-order valence-corrected chi connectivity index (χ3v) is 4.27. The molecule has 1 rings (SSSR count). The maximum absolute atomic E-state index is 11.8. The van der Waals surface area contributed by atoms with E-state index in [2.05, 4.69) is 53.3 Å². The summed E-state index contributed by atoms with van der Waals surface area (Å²) in [6.07, 6.45) is 0. The van der Waals surface area contributed by atoms with Gasteiger partial charge in [0.05, 0.1) is 4.83 Å². The standard InChI is InChI=1S/C14H20BrNO/c1-9(2)13(15)14(17)16-8-12-7-10(3)5-6-11(12)4/h5-7,9,13H,8H2,1-4H3,(H,16,17). The van der Waals surface area contributed by atoms with Crippen molar-refractivity contribution in [2.45, 2.75) is 39.1 Å². The number of halogens is 1. The Hall–Kier alpha value is -0.830. The molecule has 0 saturated carbocycles. The molecule has 94 valence electrons. The van der Waals surface area contributed by atoms with Crippen LogP contribution in [0.2, 0.25) is 0 Å². The van der Waals surface area contributed by atoms with Gasteiger partial charge in [0.1, 0.15) is 0 Å². The number of rotatable bonds is 4. The predicted octanol–water partition coefficient (Wildman–Crippen LogP) is 3.34. The zero-order valence-corrected chi connectivity index (χ0v) is 12.5. The van der Waals surface area contributed by atoms with Crippen LogP contribution in [0.15, 0.2) is 18.2 Å². The molecule has 1 unspecified atom stereocenters. The van der Waals surface area contributed by atoms with Crippen LogP contribution < -0.4 is 5.32 Å². The maximum Gasteiger partial charge on any atom is 0.234 e. The van der Waals surface area contributed by atoms with Crippen LogP contribution in [0.25, 0.3) is 0 Å². The van der Waals surface area contributed by atoms with E-state index in [1.165, 1.54) is 16.7 Å². The quantitative estimate of drug-likeness (QED) is 0.849. The average molecular weight is 298 g/mol. The summed E-state index contributed by atoms with van der Waals surface area (Å²) < 4.78 is 0.